The molecule has 0 atom stereocenters. The first kappa shape index (κ1) is 32.4. The highest BCUT2D eigenvalue weighted by atomic mass is 16.7. The molecule has 0 radical (unpaired) electrons. The van der Waals surface area contributed by atoms with Gasteiger partial charge in [0.25, 0.3) is 5.91 Å². The molecule has 0 saturated heterocycles. The van der Waals surface area contributed by atoms with Crippen LogP contribution in [0.3, 0.4) is 0 Å². The van der Waals surface area contributed by atoms with E-state index in [1.807, 2.05) is 13.8 Å². The van der Waals surface area contributed by atoms with Crippen LogP contribution in [0.15, 0.2) is 30.3 Å². The van der Waals surface area contributed by atoms with Gasteiger partial charge in [-0.3, -0.25) is 9.63 Å². The van der Waals surface area contributed by atoms with Gasteiger partial charge in [0.1, 0.15) is 5.75 Å². The van der Waals surface area contributed by atoms with Gasteiger partial charge in [-0.25, -0.2) is 4.79 Å². The number of primary amides is 1. The van der Waals surface area contributed by atoms with Gasteiger partial charge in [0.05, 0.1) is 17.9 Å². The number of urea groups is 1. The Hall–Kier alpha value is -2.84. The molecule has 0 aliphatic heterocycles. The van der Waals surface area contributed by atoms with Crippen LogP contribution in [0.1, 0.15) is 102 Å². The lowest BCUT2D eigenvalue weighted by Crippen LogP contribution is -2.37. The Morgan fingerprint density at radius 2 is 1.54 bits per heavy atom. The summed E-state index contributed by atoms with van der Waals surface area (Å²) in [5.74, 6) is -0.328. The fourth-order valence-corrected chi connectivity index (χ4v) is 4.43. The number of hydrogen-bond acceptors (Lipinski definition) is 5. The molecule has 218 valence electrons. The number of amides is 3. The predicted molar refractivity (Wildman–Crippen MR) is 158 cm³/mol. The van der Waals surface area contributed by atoms with Gasteiger partial charge in [0.2, 0.25) is 0 Å². The SMILES string of the molecule is CCCCCCCCCCCCOCCCNC(=O)c1ccc2c(N(OCC(C)C)C(N)=O)cccc2c1O. The summed E-state index contributed by atoms with van der Waals surface area (Å²) in [7, 11) is 0. The van der Waals surface area contributed by atoms with E-state index in [-0.39, 0.29) is 23.1 Å². The van der Waals surface area contributed by atoms with E-state index in [4.69, 9.17) is 15.3 Å². The summed E-state index contributed by atoms with van der Waals surface area (Å²) >= 11 is 0. The van der Waals surface area contributed by atoms with Crippen molar-refractivity contribution in [2.45, 2.75) is 91.4 Å². The van der Waals surface area contributed by atoms with E-state index in [0.29, 0.717) is 42.6 Å². The Bertz CT molecular complexity index is 1010. The van der Waals surface area contributed by atoms with Gasteiger partial charge in [-0.15, -0.1) is 0 Å². The topological polar surface area (TPSA) is 114 Å². The number of nitrogens with one attached hydrogen (secondary N) is 1. The van der Waals surface area contributed by atoms with E-state index in [9.17, 15) is 14.7 Å². The lowest BCUT2D eigenvalue weighted by molar-refractivity contribution is 0.0937. The van der Waals surface area contributed by atoms with Gasteiger partial charge in [-0.2, -0.15) is 5.06 Å². The molecule has 0 aliphatic rings. The van der Waals surface area contributed by atoms with Gasteiger partial charge >= 0.3 is 6.03 Å². The molecule has 2 aromatic carbocycles. The second kappa shape index (κ2) is 18.4. The van der Waals surface area contributed by atoms with Crippen LogP contribution in [-0.2, 0) is 9.57 Å². The number of phenolic OH excluding ortho intramolecular Hbond substituents is 1. The maximum Gasteiger partial charge on any atom is 0.343 e. The number of ether oxygens (including phenoxy) is 1. The highest BCUT2D eigenvalue weighted by Gasteiger charge is 2.20. The molecule has 0 aromatic heterocycles. The van der Waals surface area contributed by atoms with Crippen molar-refractivity contribution in [1.82, 2.24) is 5.32 Å². The van der Waals surface area contributed by atoms with E-state index in [1.165, 1.54) is 57.8 Å². The Kier molecular flexibility index (Phi) is 15.3. The third-order valence-corrected chi connectivity index (χ3v) is 6.60. The average molecular weight is 544 g/mol. The Morgan fingerprint density at radius 1 is 0.897 bits per heavy atom. The number of anilines is 1. The molecule has 0 fully saturated rings. The Morgan fingerprint density at radius 3 is 2.18 bits per heavy atom. The number of nitrogens with zero attached hydrogens (tertiary/aromatic N) is 1. The lowest BCUT2D eigenvalue weighted by atomic mass is 10.0. The summed E-state index contributed by atoms with van der Waals surface area (Å²) in [5, 5.41) is 15.7. The average Bonchev–Trinajstić information content (AvgIpc) is 2.91. The predicted octanol–water partition coefficient (Wildman–Crippen LogP) is 7.08. The molecule has 0 unspecified atom stereocenters. The Balaban J connectivity index is 1.74. The second-order valence-corrected chi connectivity index (χ2v) is 10.6. The summed E-state index contributed by atoms with van der Waals surface area (Å²) in [6.07, 6.45) is 13.7. The molecule has 2 rings (SSSR count). The van der Waals surface area contributed by atoms with Crippen molar-refractivity contribution in [3.8, 4) is 5.75 Å². The zero-order chi connectivity index (χ0) is 28.5. The first-order valence-corrected chi connectivity index (χ1v) is 14.7. The second-order valence-electron chi connectivity index (χ2n) is 10.6. The van der Waals surface area contributed by atoms with E-state index in [2.05, 4.69) is 12.2 Å². The van der Waals surface area contributed by atoms with E-state index in [1.54, 1.807) is 30.3 Å². The fourth-order valence-electron chi connectivity index (χ4n) is 4.43. The monoisotopic (exact) mass is 543 g/mol. The number of aromatic hydroxyl groups is 1. The van der Waals surface area contributed by atoms with Crippen LogP contribution in [0, 0.1) is 5.92 Å². The molecule has 0 saturated carbocycles. The van der Waals surface area contributed by atoms with Crippen molar-refractivity contribution < 1.29 is 24.3 Å². The number of phenols is 1. The number of unbranched alkanes of at least 4 members (excludes halogenated alkanes) is 9. The molecule has 8 nitrogen and oxygen atoms in total. The van der Waals surface area contributed by atoms with Gasteiger partial charge < -0.3 is 20.9 Å². The minimum absolute atomic E-state index is 0.155. The van der Waals surface area contributed by atoms with Crippen molar-refractivity contribution in [3.05, 3.63) is 35.9 Å². The van der Waals surface area contributed by atoms with Crippen LogP contribution in [0.25, 0.3) is 10.8 Å². The highest BCUT2D eigenvalue weighted by Crippen LogP contribution is 2.35. The largest absolute Gasteiger partial charge is 0.506 e. The Labute approximate surface area is 234 Å². The zero-order valence-corrected chi connectivity index (χ0v) is 24.2. The quantitative estimate of drug-likeness (QED) is 0.122. The third-order valence-electron chi connectivity index (χ3n) is 6.60. The van der Waals surface area contributed by atoms with Crippen LogP contribution in [0.2, 0.25) is 0 Å². The molecule has 3 amide bonds. The van der Waals surface area contributed by atoms with E-state index in [0.717, 1.165) is 18.1 Å². The van der Waals surface area contributed by atoms with Gasteiger partial charge in [-0.05, 0) is 30.9 Å². The number of carbonyl (C=O) groups is 2. The number of hydrogen-bond donors (Lipinski definition) is 3. The highest BCUT2D eigenvalue weighted by molar-refractivity contribution is 6.08. The fraction of sp³-hybridized carbons (Fsp3) is 0.613. The molecule has 8 heteroatoms. The van der Waals surface area contributed by atoms with E-state index >= 15 is 0 Å². The number of hydroxylamine groups is 1. The molecular formula is C31H49N3O5. The number of benzene rings is 2. The molecule has 0 bridgehead atoms. The van der Waals surface area contributed by atoms with Gasteiger partial charge in [0.15, 0.2) is 0 Å². The van der Waals surface area contributed by atoms with Crippen molar-refractivity contribution in [2.75, 3.05) is 31.4 Å². The van der Waals surface area contributed by atoms with Crippen LogP contribution in [0.4, 0.5) is 10.5 Å². The van der Waals surface area contributed by atoms with Crippen molar-refractivity contribution >= 4 is 28.4 Å². The summed E-state index contributed by atoms with van der Waals surface area (Å²) in [4.78, 5) is 30.3. The van der Waals surface area contributed by atoms with Crippen molar-refractivity contribution in [2.24, 2.45) is 11.7 Å². The lowest BCUT2D eigenvalue weighted by Gasteiger charge is -2.22. The summed E-state index contributed by atoms with van der Waals surface area (Å²) in [6.45, 7) is 8.26. The maximum atomic E-state index is 12.7. The standard InChI is InChI=1S/C31H49N3O5/c1-4-5-6-7-8-9-10-11-12-13-21-38-22-15-20-33-30(36)27-19-18-25-26(29(27)35)16-14-17-28(25)34(31(32)37)39-23-24(2)3/h14,16-19,24,35H,4-13,15,20-23H2,1-3H3,(H2,32,37)(H,33,36). The molecule has 0 spiro atoms. The van der Waals surface area contributed by atoms with Gasteiger partial charge in [-0.1, -0.05) is 96.8 Å². The molecule has 39 heavy (non-hydrogen) atoms. The van der Waals surface area contributed by atoms with Crippen molar-refractivity contribution in [3.63, 3.8) is 0 Å². The van der Waals surface area contributed by atoms with Crippen LogP contribution in [-0.4, -0.2) is 43.4 Å². The van der Waals surface area contributed by atoms with E-state index < -0.39 is 6.03 Å². The van der Waals surface area contributed by atoms with Crippen LogP contribution >= 0.6 is 0 Å². The minimum Gasteiger partial charge on any atom is -0.506 e. The number of nitrogens with two attached hydrogens (primary N) is 1. The first-order valence-electron chi connectivity index (χ1n) is 14.7. The molecule has 4 N–H and O–H groups in total. The van der Waals surface area contributed by atoms with Crippen LogP contribution < -0.4 is 16.1 Å². The first-order chi connectivity index (χ1) is 18.9. The van der Waals surface area contributed by atoms with Gasteiger partial charge in [0, 0.05) is 30.5 Å². The number of carbonyl (C=O) groups excluding carboxylic acids is 2. The molecular weight excluding hydrogens is 494 g/mol. The molecule has 0 heterocycles. The molecule has 0 aliphatic carbocycles. The summed E-state index contributed by atoms with van der Waals surface area (Å²) in [5.41, 5.74) is 6.11. The zero-order valence-electron chi connectivity index (χ0n) is 24.2. The summed E-state index contributed by atoms with van der Waals surface area (Å²) < 4.78 is 5.71. The normalized spacial score (nSPS) is 11.3. The smallest absolute Gasteiger partial charge is 0.343 e. The maximum absolute atomic E-state index is 12.7. The third kappa shape index (κ3) is 11.4. The minimum atomic E-state index is -0.764. The number of fused-ring (bicyclic) bond motifs is 1. The van der Waals surface area contributed by atoms with Crippen LogP contribution in [0.5, 0.6) is 5.75 Å². The number of rotatable bonds is 20. The van der Waals surface area contributed by atoms with Crippen molar-refractivity contribution in [1.29, 1.82) is 0 Å². The summed E-state index contributed by atoms with van der Waals surface area (Å²) in [6, 6.07) is 7.51. The molecule has 2 aromatic rings.